The van der Waals surface area contributed by atoms with E-state index in [0.717, 1.165) is 37.2 Å². The first kappa shape index (κ1) is 14.7. The predicted octanol–water partition coefficient (Wildman–Crippen LogP) is 2.01. The number of nitrogens with zero attached hydrogens (tertiary/aromatic N) is 1. The Morgan fingerprint density at radius 2 is 2.19 bits per heavy atom. The Hall–Kier alpha value is -1.27. The number of hydrogen-bond acceptors (Lipinski definition) is 5. The summed E-state index contributed by atoms with van der Waals surface area (Å²) in [7, 11) is 0. The van der Waals surface area contributed by atoms with Crippen molar-refractivity contribution in [2.45, 2.75) is 25.0 Å². The van der Waals surface area contributed by atoms with Crippen LogP contribution in [0.15, 0.2) is 35.8 Å². The first-order chi connectivity index (χ1) is 10.3. The molecule has 3 N–H and O–H groups in total. The van der Waals surface area contributed by atoms with E-state index < -0.39 is 5.60 Å². The molecule has 1 aliphatic rings. The number of benzene rings is 1. The highest BCUT2D eigenvalue weighted by molar-refractivity contribution is 7.10. The van der Waals surface area contributed by atoms with Gasteiger partial charge in [0, 0.05) is 30.1 Å². The van der Waals surface area contributed by atoms with Gasteiger partial charge in [0.1, 0.15) is 0 Å². The van der Waals surface area contributed by atoms with Crippen LogP contribution in [0.5, 0.6) is 0 Å². The molecule has 3 rings (SSSR count). The summed E-state index contributed by atoms with van der Waals surface area (Å²) >= 11 is 1.66. The molecular formula is C16H21N3OS. The van der Waals surface area contributed by atoms with E-state index in [-0.39, 0.29) is 0 Å². The Morgan fingerprint density at radius 1 is 1.33 bits per heavy atom. The highest BCUT2D eigenvalue weighted by Gasteiger charge is 2.28. The number of aromatic nitrogens is 1. The van der Waals surface area contributed by atoms with E-state index in [1.165, 1.54) is 4.88 Å². The predicted molar refractivity (Wildman–Crippen MR) is 86.3 cm³/mol. The lowest BCUT2D eigenvalue weighted by molar-refractivity contribution is 0.0169. The zero-order valence-corrected chi connectivity index (χ0v) is 12.8. The molecule has 0 spiro atoms. The van der Waals surface area contributed by atoms with Crippen LogP contribution in [-0.4, -0.2) is 35.3 Å². The number of hydrogen-bond donors (Lipinski definition) is 3. The summed E-state index contributed by atoms with van der Waals surface area (Å²) < 4.78 is 0. The first-order valence-corrected chi connectivity index (χ1v) is 8.26. The molecule has 1 aromatic heterocycles. The van der Waals surface area contributed by atoms with Crippen molar-refractivity contribution < 1.29 is 5.11 Å². The van der Waals surface area contributed by atoms with Crippen molar-refractivity contribution in [3.05, 3.63) is 40.7 Å². The van der Waals surface area contributed by atoms with Crippen LogP contribution in [0.25, 0.3) is 11.3 Å². The Bertz CT molecular complexity index is 564. The summed E-state index contributed by atoms with van der Waals surface area (Å²) in [5, 5.41) is 17.1. The first-order valence-electron chi connectivity index (χ1n) is 7.38. The topological polar surface area (TPSA) is 57.2 Å². The molecule has 2 heterocycles. The number of β-amino-alcohol motifs (C(OH)–C–C–N with tert-alkyl or cyclic N) is 1. The molecular weight excluding hydrogens is 282 g/mol. The van der Waals surface area contributed by atoms with Gasteiger partial charge in [-0.25, -0.2) is 4.98 Å². The molecule has 2 aromatic rings. The SMILES string of the molecule is OC1(CNCc2scnc2-c2ccccc2)CCCNC1. The summed E-state index contributed by atoms with van der Waals surface area (Å²) in [4.78, 5) is 5.69. The second-order valence-electron chi connectivity index (χ2n) is 5.60. The summed E-state index contributed by atoms with van der Waals surface area (Å²) in [5.41, 5.74) is 3.46. The van der Waals surface area contributed by atoms with Crippen LogP contribution in [-0.2, 0) is 6.54 Å². The molecule has 0 aliphatic carbocycles. The van der Waals surface area contributed by atoms with Gasteiger partial charge in [-0.2, -0.15) is 0 Å². The molecule has 1 aliphatic heterocycles. The highest BCUT2D eigenvalue weighted by Crippen LogP contribution is 2.25. The van der Waals surface area contributed by atoms with Crippen molar-refractivity contribution in [3.8, 4) is 11.3 Å². The summed E-state index contributed by atoms with van der Waals surface area (Å²) in [6, 6.07) is 10.2. The third-order valence-electron chi connectivity index (χ3n) is 3.88. The molecule has 1 aromatic carbocycles. The van der Waals surface area contributed by atoms with E-state index in [4.69, 9.17) is 0 Å². The summed E-state index contributed by atoms with van der Waals surface area (Å²) in [6.45, 7) is 3.05. The maximum atomic E-state index is 10.4. The van der Waals surface area contributed by atoms with Crippen molar-refractivity contribution >= 4 is 11.3 Å². The Kier molecular flexibility index (Phi) is 4.65. The lowest BCUT2D eigenvalue weighted by Gasteiger charge is -2.32. The summed E-state index contributed by atoms with van der Waals surface area (Å²) in [5.74, 6) is 0. The van der Waals surface area contributed by atoms with Gasteiger partial charge >= 0.3 is 0 Å². The molecule has 0 radical (unpaired) electrons. The average molecular weight is 303 g/mol. The summed E-state index contributed by atoms with van der Waals surface area (Å²) in [6.07, 6.45) is 1.90. The normalized spacial score (nSPS) is 22.3. The van der Waals surface area contributed by atoms with Crippen LogP contribution < -0.4 is 10.6 Å². The molecule has 21 heavy (non-hydrogen) atoms. The van der Waals surface area contributed by atoms with Crippen LogP contribution in [0.4, 0.5) is 0 Å². The zero-order chi connectivity index (χ0) is 14.5. The van der Waals surface area contributed by atoms with Crippen molar-refractivity contribution in [2.24, 2.45) is 0 Å². The molecule has 1 fully saturated rings. The van der Waals surface area contributed by atoms with Gasteiger partial charge in [0.25, 0.3) is 0 Å². The smallest absolute Gasteiger partial charge is 0.0895 e. The van der Waals surface area contributed by atoms with Crippen molar-refractivity contribution in [3.63, 3.8) is 0 Å². The van der Waals surface area contributed by atoms with E-state index in [1.807, 2.05) is 23.7 Å². The number of piperidine rings is 1. The minimum atomic E-state index is -0.615. The number of rotatable bonds is 5. The van der Waals surface area contributed by atoms with E-state index in [0.29, 0.717) is 13.1 Å². The van der Waals surface area contributed by atoms with Crippen molar-refractivity contribution in [1.29, 1.82) is 0 Å². The average Bonchev–Trinajstić information content (AvgIpc) is 2.97. The van der Waals surface area contributed by atoms with Crippen LogP contribution in [0, 0.1) is 0 Å². The minimum Gasteiger partial charge on any atom is -0.387 e. The molecule has 4 nitrogen and oxygen atoms in total. The minimum absolute atomic E-state index is 0.615. The monoisotopic (exact) mass is 303 g/mol. The Balaban J connectivity index is 1.60. The lowest BCUT2D eigenvalue weighted by atomic mass is 9.94. The maximum Gasteiger partial charge on any atom is 0.0895 e. The van der Waals surface area contributed by atoms with E-state index in [9.17, 15) is 5.11 Å². The second-order valence-corrected chi connectivity index (χ2v) is 6.54. The number of thiazole rings is 1. The van der Waals surface area contributed by atoms with Crippen LogP contribution in [0.2, 0.25) is 0 Å². The van der Waals surface area contributed by atoms with E-state index in [2.05, 4.69) is 27.8 Å². The van der Waals surface area contributed by atoms with Gasteiger partial charge in [-0.3, -0.25) is 0 Å². The third kappa shape index (κ3) is 3.68. The van der Waals surface area contributed by atoms with Crippen molar-refractivity contribution in [2.75, 3.05) is 19.6 Å². The Labute approximate surface area is 129 Å². The zero-order valence-electron chi connectivity index (χ0n) is 12.0. The van der Waals surface area contributed by atoms with Gasteiger partial charge in [0.15, 0.2) is 0 Å². The van der Waals surface area contributed by atoms with Gasteiger partial charge in [0.05, 0.1) is 16.8 Å². The van der Waals surface area contributed by atoms with Crippen LogP contribution in [0.3, 0.4) is 0 Å². The van der Waals surface area contributed by atoms with Gasteiger partial charge < -0.3 is 15.7 Å². The fraction of sp³-hybridized carbons (Fsp3) is 0.438. The van der Waals surface area contributed by atoms with Crippen molar-refractivity contribution in [1.82, 2.24) is 15.6 Å². The molecule has 0 saturated carbocycles. The standard InChI is InChI=1S/C16H21N3OS/c20-16(7-4-8-17-10-16)11-18-9-14-15(19-12-21-14)13-5-2-1-3-6-13/h1-3,5-6,12,17-18,20H,4,7-11H2. The molecule has 112 valence electrons. The number of aliphatic hydroxyl groups is 1. The van der Waals surface area contributed by atoms with Gasteiger partial charge in [-0.05, 0) is 19.4 Å². The lowest BCUT2D eigenvalue weighted by Crippen LogP contribution is -2.51. The Morgan fingerprint density at radius 3 is 2.95 bits per heavy atom. The number of nitrogens with one attached hydrogen (secondary N) is 2. The fourth-order valence-electron chi connectivity index (χ4n) is 2.74. The fourth-order valence-corrected chi connectivity index (χ4v) is 3.49. The maximum absolute atomic E-state index is 10.4. The molecule has 1 atom stereocenters. The second kappa shape index (κ2) is 6.66. The van der Waals surface area contributed by atoms with Crippen LogP contribution >= 0.6 is 11.3 Å². The van der Waals surface area contributed by atoms with Gasteiger partial charge in [-0.1, -0.05) is 30.3 Å². The molecule has 0 amide bonds. The van der Waals surface area contributed by atoms with E-state index in [1.54, 1.807) is 11.3 Å². The third-order valence-corrected chi connectivity index (χ3v) is 4.71. The molecule has 0 bridgehead atoms. The van der Waals surface area contributed by atoms with Crippen LogP contribution in [0.1, 0.15) is 17.7 Å². The quantitative estimate of drug-likeness (QED) is 0.791. The van der Waals surface area contributed by atoms with Gasteiger partial charge in [-0.15, -0.1) is 11.3 Å². The largest absolute Gasteiger partial charge is 0.387 e. The molecule has 5 heteroatoms. The highest BCUT2D eigenvalue weighted by atomic mass is 32.1. The van der Waals surface area contributed by atoms with Gasteiger partial charge in [0.2, 0.25) is 0 Å². The van der Waals surface area contributed by atoms with E-state index >= 15 is 0 Å². The molecule has 1 unspecified atom stereocenters. The molecule has 1 saturated heterocycles.